The van der Waals surface area contributed by atoms with Gasteiger partial charge in [0.05, 0.1) is 29.0 Å². The Bertz CT molecular complexity index is 1500. The lowest BCUT2D eigenvalue weighted by molar-refractivity contribution is -0.136. The Morgan fingerprint density at radius 2 is 1.84 bits per heavy atom. The molecule has 0 aliphatic carbocycles. The zero-order valence-electron chi connectivity index (χ0n) is 19.8. The summed E-state index contributed by atoms with van der Waals surface area (Å²) in [5.74, 6) is -1.44. The first-order valence-corrected chi connectivity index (χ1v) is 11.6. The van der Waals surface area contributed by atoms with Crippen LogP contribution in [0.4, 0.5) is 15.8 Å². The monoisotopic (exact) mass is 522 g/mol. The smallest absolute Gasteiger partial charge is 0.305 e. The van der Waals surface area contributed by atoms with E-state index in [0.717, 1.165) is 23.1 Å². The van der Waals surface area contributed by atoms with Crippen molar-refractivity contribution in [3.63, 3.8) is 0 Å². The van der Waals surface area contributed by atoms with Crippen LogP contribution in [0.3, 0.4) is 0 Å². The molecule has 11 heteroatoms. The number of rotatable bonds is 9. The van der Waals surface area contributed by atoms with Gasteiger partial charge in [-0.3, -0.25) is 15.0 Å². The predicted molar refractivity (Wildman–Crippen MR) is 141 cm³/mol. The second kappa shape index (κ2) is 10.7. The molecular formula is C26H24ClFN6O3. The van der Waals surface area contributed by atoms with Gasteiger partial charge in [0.1, 0.15) is 17.5 Å². The number of carboxylic acid groups (broad SMARTS) is 1. The number of aryl methyl sites for hydroxylation is 1. The summed E-state index contributed by atoms with van der Waals surface area (Å²) in [5.41, 5.74) is 8.95. The van der Waals surface area contributed by atoms with E-state index in [1.807, 2.05) is 23.7 Å². The molecule has 0 atom stereocenters. The number of halogens is 2. The normalized spacial score (nSPS) is 10.9. The van der Waals surface area contributed by atoms with Crippen LogP contribution in [0, 0.1) is 11.2 Å². The summed E-state index contributed by atoms with van der Waals surface area (Å²) in [6.07, 6.45) is -0.296. The van der Waals surface area contributed by atoms with Crippen molar-refractivity contribution >= 4 is 51.7 Å². The first kappa shape index (κ1) is 25.6. The van der Waals surface area contributed by atoms with Gasteiger partial charge in [0, 0.05) is 36.1 Å². The number of imidazole rings is 1. The number of amides is 1. The lowest BCUT2D eigenvalue weighted by Gasteiger charge is -2.22. The van der Waals surface area contributed by atoms with Crippen LogP contribution in [0.25, 0.3) is 11.0 Å². The SMILES string of the molecule is Cn1c(CNc2ccc(C(=N)N)cc2)nc2cc(C(=O)N(CCC(=O)O)c3ccc(F)c(Cl)c3)ccc21. The molecule has 0 saturated heterocycles. The molecule has 9 nitrogen and oxygen atoms in total. The van der Waals surface area contributed by atoms with Crippen molar-refractivity contribution in [2.75, 3.05) is 16.8 Å². The molecule has 37 heavy (non-hydrogen) atoms. The number of nitrogens with two attached hydrogens (primary N) is 1. The molecule has 190 valence electrons. The molecule has 3 aromatic carbocycles. The molecule has 4 rings (SSSR count). The number of hydrogen-bond acceptors (Lipinski definition) is 5. The van der Waals surface area contributed by atoms with E-state index in [1.165, 1.54) is 17.0 Å². The van der Waals surface area contributed by atoms with Crippen LogP contribution in [0.15, 0.2) is 60.7 Å². The van der Waals surface area contributed by atoms with Gasteiger partial charge in [-0.15, -0.1) is 0 Å². The van der Waals surface area contributed by atoms with Gasteiger partial charge in [-0.2, -0.15) is 0 Å². The number of carbonyl (C=O) groups is 2. The summed E-state index contributed by atoms with van der Waals surface area (Å²) in [5, 5.41) is 19.7. The summed E-state index contributed by atoms with van der Waals surface area (Å²) >= 11 is 5.90. The second-order valence-electron chi connectivity index (χ2n) is 8.33. The Labute approximate surface area is 216 Å². The predicted octanol–water partition coefficient (Wildman–Crippen LogP) is 4.38. The molecule has 0 radical (unpaired) electrons. The standard InChI is InChI=1S/C26H24ClFN6O3/c1-33-22-9-4-16(26(37)34(11-10-24(35)36)18-7-8-20(28)19(27)13-18)12-21(22)32-23(33)14-31-17-5-2-15(3-6-17)25(29)30/h2-9,12-13,31H,10-11,14H2,1H3,(H3,29,30)(H,35,36). The molecule has 1 amide bonds. The summed E-state index contributed by atoms with van der Waals surface area (Å²) in [6.45, 7) is 0.292. The van der Waals surface area contributed by atoms with Crippen molar-refractivity contribution in [2.45, 2.75) is 13.0 Å². The van der Waals surface area contributed by atoms with Gasteiger partial charge in [-0.05, 0) is 60.7 Å². The maximum Gasteiger partial charge on any atom is 0.305 e. The fraction of sp³-hybridized carbons (Fsp3) is 0.154. The molecule has 4 aromatic rings. The molecule has 1 aromatic heterocycles. The van der Waals surface area contributed by atoms with E-state index in [-0.39, 0.29) is 23.8 Å². The van der Waals surface area contributed by atoms with Crippen LogP contribution in [0.1, 0.15) is 28.2 Å². The fourth-order valence-electron chi connectivity index (χ4n) is 3.85. The third-order valence-electron chi connectivity index (χ3n) is 5.88. The Kier molecular flexibility index (Phi) is 7.40. The molecule has 0 fully saturated rings. The maximum absolute atomic E-state index is 13.7. The minimum Gasteiger partial charge on any atom is -0.481 e. The quantitative estimate of drug-likeness (QED) is 0.190. The van der Waals surface area contributed by atoms with Gasteiger partial charge >= 0.3 is 5.97 Å². The molecule has 0 spiro atoms. The molecule has 0 aliphatic rings. The molecule has 0 unspecified atom stereocenters. The average molecular weight is 523 g/mol. The minimum atomic E-state index is -1.07. The summed E-state index contributed by atoms with van der Waals surface area (Å²) in [4.78, 5) is 30.5. The van der Waals surface area contributed by atoms with E-state index in [1.54, 1.807) is 30.3 Å². The first-order chi connectivity index (χ1) is 17.6. The van der Waals surface area contributed by atoms with Crippen LogP contribution < -0.4 is 16.0 Å². The fourth-order valence-corrected chi connectivity index (χ4v) is 4.03. The van der Waals surface area contributed by atoms with Crippen LogP contribution in [-0.4, -0.2) is 38.9 Å². The van der Waals surface area contributed by atoms with Gasteiger partial charge in [0.25, 0.3) is 5.91 Å². The molecule has 1 heterocycles. The number of nitrogen functional groups attached to an aromatic ring is 1. The third kappa shape index (κ3) is 5.70. The molecular weight excluding hydrogens is 499 g/mol. The van der Waals surface area contributed by atoms with Crippen molar-refractivity contribution in [3.05, 3.63) is 88.5 Å². The zero-order chi connectivity index (χ0) is 26.7. The van der Waals surface area contributed by atoms with Crippen LogP contribution >= 0.6 is 11.6 Å². The highest BCUT2D eigenvalue weighted by Gasteiger charge is 2.21. The average Bonchev–Trinajstić information content (AvgIpc) is 3.19. The number of carbonyl (C=O) groups excluding carboxylic acids is 1. The van der Waals surface area contributed by atoms with E-state index < -0.39 is 17.7 Å². The van der Waals surface area contributed by atoms with Crippen molar-refractivity contribution in [3.8, 4) is 0 Å². The van der Waals surface area contributed by atoms with Gasteiger partial charge < -0.3 is 25.6 Å². The number of fused-ring (bicyclic) bond motifs is 1. The number of aromatic nitrogens is 2. The van der Waals surface area contributed by atoms with E-state index in [2.05, 4.69) is 10.3 Å². The highest BCUT2D eigenvalue weighted by molar-refractivity contribution is 6.31. The number of aliphatic carboxylic acids is 1. The molecule has 0 bridgehead atoms. The minimum absolute atomic E-state index is 0.00342. The topological polar surface area (TPSA) is 137 Å². The van der Waals surface area contributed by atoms with Gasteiger partial charge in [-0.1, -0.05) is 11.6 Å². The van der Waals surface area contributed by atoms with E-state index in [4.69, 9.17) is 27.9 Å². The van der Waals surface area contributed by atoms with E-state index >= 15 is 0 Å². The molecule has 0 saturated carbocycles. The van der Waals surface area contributed by atoms with Gasteiger partial charge in [0.15, 0.2) is 0 Å². The first-order valence-electron chi connectivity index (χ1n) is 11.3. The summed E-state index contributed by atoms with van der Waals surface area (Å²) < 4.78 is 15.6. The number of nitrogens with zero attached hydrogens (tertiary/aromatic N) is 3. The third-order valence-corrected chi connectivity index (χ3v) is 6.17. The molecule has 0 aliphatic heterocycles. The van der Waals surface area contributed by atoms with Gasteiger partial charge in [0.2, 0.25) is 0 Å². The maximum atomic E-state index is 13.7. The number of amidine groups is 1. The largest absolute Gasteiger partial charge is 0.481 e. The van der Waals surface area contributed by atoms with Crippen molar-refractivity contribution in [1.82, 2.24) is 9.55 Å². The van der Waals surface area contributed by atoms with Crippen molar-refractivity contribution in [2.24, 2.45) is 12.8 Å². The second-order valence-corrected chi connectivity index (χ2v) is 8.74. The lowest BCUT2D eigenvalue weighted by atomic mass is 10.1. The van der Waals surface area contributed by atoms with Crippen molar-refractivity contribution in [1.29, 1.82) is 5.41 Å². The number of carboxylic acids is 1. The highest BCUT2D eigenvalue weighted by Crippen LogP contribution is 2.26. The van der Waals surface area contributed by atoms with Crippen LogP contribution in [0.5, 0.6) is 0 Å². The highest BCUT2D eigenvalue weighted by atomic mass is 35.5. The lowest BCUT2D eigenvalue weighted by Crippen LogP contribution is -2.33. The summed E-state index contributed by atoms with van der Waals surface area (Å²) in [6, 6.07) is 16.0. The molecule has 5 N–H and O–H groups in total. The Balaban J connectivity index is 1.58. The van der Waals surface area contributed by atoms with Crippen LogP contribution in [-0.2, 0) is 18.4 Å². The summed E-state index contributed by atoms with van der Waals surface area (Å²) in [7, 11) is 1.87. The Morgan fingerprint density at radius 1 is 1.14 bits per heavy atom. The number of hydrogen-bond donors (Lipinski definition) is 4. The Hall–Kier alpha value is -4.44. The van der Waals surface area contributed by atoms with Gasteiger partial charge in [-0.25, -0.2) is 9.37 Å². The zero-order valence-corrected chi connectivity index (χ0v) is 20.6. The number of nitrogens with one attached hydrogen (secondary N) is 2. The Morgan fingerprint density at radius 3 is 2.49 bits per heavy atom. The van der Waals surface area contributed by atoms with Crippen LogP contribution in [0.2, 0.25) is 5.02 Å². The number of anilines is 2. The van der Waals surface area contributed by atoms with E-state index in [9.17, 15) is 14.0 Å². The van der Waals surface area contributed by atoms with E-state index in [0.29, 0.717) is 28.9 Å². The van der Waals surface area contributed by atoms with Crippen molar-refractivity contribution < 1.29 is 19.1 Å². The number of benzene rings is 3.